The molecule has 2 heterocycles. The van der Waals surface area contributed by atoms with Gasteiger partial charge in [0.15, 0.2) is 5.17 Å². The van der Waals surface area contributed by atoms with Crippen molar-refractivity contribution in [3.8, 4) is 0 Å². The summed E-state index contributed by atoms with van der Waals surface area (Å²) in [6.07, 6.45) is 1.54. The number of hydrogen-bond acceptors (Lipinski definition) is 5. The minimum Gasteiger partial charge on any atom is -0.325 e. The molecule has 0 spiro atoms. The highest BCUT2D eigenvalue weighted by molar-refractivity contribution is 8.14. The van der Waals surface area contributed by atoms with E-state index in [-0.39, 0.29) is 23.6 Å². The molecule has 1 atom stereocenters. The van der Waals surface area contributed by atoms with E-state index in [0.29, 0.717) is 28.1 Å². The highest BCUT2D eigenvalue weighted by Crippen LogP contribution is 2.35. The van der Waals surface area contributed by atoms with E-state index >= 15 is 0 Å². The number of amidine groups is 2. The van der Waals surface area contributed by atoms with Gasteiger partial charge in [-0.1, -0.05) is 48.8 Å². The lowest BCUT2D eigenvalue weighted by Crippen LogP contribution is -2.43. The van der Waals surface area contributed by atoms with Crippen LogP contribution in [0.5, 0.6) is 0 Å². The zero-order valence-electron chi connectivity index (χ0n) is 15.8. The fourth-order valence-electron chi connectivity index (χ4n) is 3.31. The van der Waals surface area contributed by atoms with Crippen molar-refractivity contribution in [2.45, 2.75) is 25.8 Å². The van der Waals surface area contributed by atoms with Crippen LogP contribution in [0.4, 0.5) is 11.4 Å². The molecule has 1 N–H and O–H groups in total. The minimum atomic E-state index is -0.367. The number of hydrogen-bond donors (Lipinski definition) is 1. The molecule has 2 aromatic rings. The van der Waals surface area contributed by atoms with E-state index in [1.165, 1.54) is 11.8 Å². The van der Waals surface area contributed by atoms with Gasteiger partial charge in [-0.15, -0.1) is 0 Å². The molecular formula is C21H19ClN4O2S. The molecule has 0 aliphatic carbocycles. The van der Waals surface area contributed by atoms with Gasteiger partial charge in [0.05, 0.1) is 11.4 Å². The van der Waals surface area contributed by atoms with E-state index in [0.717, 1.165) is 17.7 Å². The molecule has 0 aromatic heterocycles. The number of thioether (sulfide) groups is 1. The minimum absolute atomic E-state index is 0.155. The first kappa shape index (κ1) is 19.7. The maximum Gasteiger partial charge on any atom is 0.270 e. The number of fused-ring (bicyclic) bond motifs is 3. The molecule has 0 saturated heterocycles. The van der Waals surface area contributed by atoms with Crippen LogP contribution >= 0.6 is 23.4 Å². The molecule has 0 fully saturated rings. The van der Waals surface area contributed by atoms with Gasteiger partial charge in [0.1, 0.15) is 11.9 Å². The van der Waals surface area contributed by atoms with Gasteiger partial charge in [0.2, 0.25) is 5.91 Å². The molecule has 0 radical (unpaired) electrons. The molecule has 29 heavy (non-hydrogen) atoms. The standard InChI is InChI=1S/C21H19ClN4O2S/c1-2-5-17-20(28)25-19-15-6-3-4-7-16(15)24-21(26(17)19)29-12-18(27)23-14-10-8-13(22)9-11-14/h3-4,6-11,17H,2,5,12H2,1H3,(H,23,27). The number of nitrogens with zero attached hydrogens (tertiary/aromatic N) is 3. The number of nitrogens with one attached hydrogen (secondary N) is 1. The normalized spacial score (nSPS) is 17.4. The number of anilines is 1. The Labute approximate surface area is 178 Å². The summed E-state index contributed by atoms with van der Waals surface area (Å²) in [5, 5.41) is 4.08. The predicted octanol–water partition coefficient (Wildman–Crippen LogP) is 4.47. The summed E-state index contributed by atoms with van der Waals surface area (Å²) in [5.74, 6) is 0.479. The van der Waals surface area contributed by atoms with Crippen molar-refractivity contribution in [1.29, 1.82) is 0 Å². The lowest BCUT2D eigenvalue weighted by molar-refractivity contribution is -0.119. The van der Waals surface area contributed by atoms with Gasteiger partial charge >= 0.3 is 0 Å². The third kappa shape index (κ3) is 4.06. The SMILES string of the molecule is CCCC1C(=O)N=C2c3ccccc3N=C(SCC(=O)Nc3ccc(Cl)cc3)N21. The van der Waals surface area contributed by atoms with Gasteiger partial charge in [-0.2, -0.15) is 4.99 Å². The van der Waals surface area contributed by atoms with E-state index in [4.69, 9.17) is 16.6 Å². The van der Waals surface area contributed by atoms with E-state index in [2.05, 4.69) is 10.3 Å². The van der Waals surface area contributed by atoms with Gasteiger partial charge < -0.3 is 5.32 Å². The molecule has 0 bridgehead atoms. The molecule has 148 valence electrons. The van der Waals surface area contributed by atoms with Crippen LogP contribution in [-0.4, -0.2) is 39.5 Å². The van der Waals surface area contributed by atoms with Gasteiger partial charge in [-0.05, 0) is 42.8 Å². The number of benzene rings is 2. The number of para-hydroxylation sites is 1. The summed E-state index contributed by atoms with van der Waals surface area (Å²) in [6.45, 7) is 2.03. The molecular weight excluding hydrogens is 408 g/mol. The molecule has 2 aromatic carbocycles. The smallest absolute Gasteiger partial charge is 0.270 e. The second kappa shape index (κ2) is 8.39. The fraction of sp³-hybridized carbons (Fsp3) is 0.238. The maximum atomic E-state index is 12.5. The lowest BCUT2D eigenvalue weighted by atomic mass is 10.1. The molecule has 0 saturated carbocycles. The third-order valence-corrected chi connectivity index (χ3v) is 5.84. The highest BCUT2D eigenvalue weighted by Gasteiger charge is 2.41. The summed E-state index contributed by atoms with van der Waals surface area (Å²) < 4.78 is 0. The van der Waals surface area contributed by atoms with Crippen molar-refractivity contribution >= 4 is 57.6 Å². The molecule has 1 unspecified atom stereocenters. The number of amides is 2. The van der Waals surface area contributed by atoms with E-state index in [1.807, 2.05) is 36.1 Å². The third-order valence-electron chi connectivity index (χ3n) is 4.63. The second-order valence-corrected chi connectivity index (χ2v) is 8.08. The largest absolute Gasteiger partial charge is 0.325 e. The summed E-state index contributed by atoms with van der Waals surface area (Å²) >= 11 is 7.18. The molecule has 6 nitrogen and oxygen atoms in total. The first-order chi connectivity index (χ1) is 14.1. The summed E-state index contributed by atoms with van der Waals surface area (Å²) in [5.41, 5.74) is 2.28. The summed E-state index contributed by atoms with van der Waals surface area (Å²) in [7, 11) is 0. The zero-order valence-corrected chi connectivity index (χ0v) is 17.3. The van der Waals surface area contributed by atoms with Crippen molar-refractivity contribution < 1.29 is 9.59 Å². The maximum absolute atomic E-state index is 12.5. The topological polar surface area (TPSA) is 74.1 Å². The fourth-order valence-corrected chi connectivity index (χ4v) is 4.28. The van der Waals surface area contributed by atoms with E-state index < -0.39 is 0 Å². The number of halogens is 1. The summed E-state index contributed by atoms with van der Waals surface area (Å²) in [6, 6.07) is 14.2. The van der Waals surface area contributed by atoms with Crippen LogP contribution in [0.25, 0.3) is 0 Å². The van der Waals surface area contributed by atoms with Crippen molar-refractivity contribution in [2.75, 3.05) is 11.1 Å². The Balaban J connectivity index is 1.54. The van der Waals surface area contributed by atoms with Gasteiger partial charge in [-0.3, -0.25) is 14.5 Å². The first-order valence-electron chi connectivity index (χ1n) is 9.35. The Morgan fingerprint density at radius 1 is 1.17 bits per heavy atom. The van der Waals surface area contributed by atoms with Crippen molar-refractivity contribution in [3.05, 3.63) is 59.1 Å². The lowest BCUT2D eigenvalue weighted by Gasteiger charge is -2.30. The molecule has 8 heteroatoms. The number of carbonyl (C=O) groups excluding carboxylic acids is 2. The molecule has 2 amide bonds. The Morgan fingerprint density at radius 2 is 1.93 bits per heavy atom. The van der Waals surface area contributed by atoms with Crippen LogP contribution in [-0.2, 0) is 9.59 Å². The Morgan fingerprint density at radius 3 is 2.69 bits per heavy atom. The van der Waals surface area contributed by atoms with Gasteiger partial charge in [0, 0.05) is 16.3 Å². The Hall–Kier alpha value is -2.64. The number of aliphatic imine (C=N–C) groups is 2. The van der Waals surface area contributed by atoms with Crippen LogP contribution in [0.15, 0.2) is 58.5 Å². The number of rotatable bonds is 5. The van der Waals surface area contributed by atoms with Crippen LogP contribution in [0, 0.1) is 0 Å². The van der Waals surface area contributed by atoms with Crippen molar-refractivity contribution in [1.82, 2.24) is 4.90 Å². The van der Waals surface area contributed by atoms with Gasteiger partial charge in [-0.25, -0.2) is 4.99 Å². The van der Waals surface area contributed by atoms with E-state index in [1.54, 1.807) is 24.3 Å². The zero-order chi connectivity index (χ0) is 20.4. The van der Waals surface area contributed by atoms with Crippen molar-refractivity contribution in [3.63, 3.8) is 0 Å². The Bertz CT molecular complexity index is 1020. The average Bonchev–Trinajstić information content (AvgIpc) is 3.05. The highest BCUT2D eigenvalue weighted by atomic mass is 35.5. The molecule has 2 aliphatic rings. The molecule has 2 aliphatic heterocycles. The Kier molecular flexibility index (Phi) is 5.69. The van der Waals surface area contributed by atoms with E-state index in [9.17, 15) is 9.59 Å². The monoisotopic (exact) mass is 426 g/mol. The quantitative estimate of drug-likeness (QED) is 0.765. The van der Waals surface area contributed by atoms with Crippen molar-refractivity contribution in [2.24, 2.45) is 9.98 Å². The van der Waals surface area contributed by atoms with Crippen LogP contribution < -0.4 is 5.32 Å². The predicted molar refractivity (Wildman–Crippen MR) is 118 cm³/mol. The van der Waals surface area contributed by atoms with Gasteiger partial charge in [0.25, 0.3) is 5.91 Å². The molecule has 4 rings (SSSR count). The van der Waals surface area contributed by atoms with Crippen LogP contribution in [0.1, 0.15) is 25.3 Å². The average molecular weight is 427 g/mol. The van der Waals surface area contributed by atoms with Crippen LogP contribution in [0.2, 0.25) is 5.02 Å². The first-order valence-corrected chi connectivity index (χ1v) is 10.7. The number of carbonyl (C=O) groups is 2. The summed E-state index contributed by atoms with van der Waals surface area (Å²) in [4.78, 5) is 35.8. The second-order valence-electron chi connectivity index (χ2n) is 6.70. The van der Waals surface area contributed by atoms with Crippen LogP contribution in [0.3, 0.4) is 0 Å².